The van der Waals surface area contributed by atoms with Crippen molar-refractivity contribution in [2.75, 3.05) is 18.4 Å². The molecule has 0 saturated carbocycles. The molecule has 3 atom stereocenters. The third kappa shape index (κ3) is 3.37. The molecule has 2 aliphatic heterocycles. The summed E-state index contributed by atoms with van der Waals surface area (Å²) in [6, 6.07) is 8.16. The maximum atomic E-state index is 12.5. The number of likely N-dealkylation sites (tertiary alicyclic amines) is 1. The zero-order chi connectivity index (χ0) is 15.5. The van der Waals surface area contributed by atoms with E-state index in [1.54, 1.807) is 12.1 Å². The van der Waals surface area contributed by atoms with Crippen molar-refractivity contribution in [1.82, 2.24) is 15.8 Å². The number of nitrogens with zero attached hydrogens (tertiary/aromatic N) is 1. The SMILES string of the molecule is CCCC1NNC2CCN(C(=O)Nc3cccc(Cl)c3)CC12. The Morgan fingerprint density at radius 2 is 2.32 bits per heavy atom. The minimum absolute atomic E-state index is 0.0390. The van der Waals surface area contributed by atoms with Gasteiger partial charge in [-0.05, 0) is 31.0 Å². The van der Waals surface area contributed by atoms with Crippen molar-refractivity contribution in [3.8, 4) is 0 Å². The Morgan fingerprint density at radius 1 is 1.45 bits per heavy atom. The first-order valence-electron chi connectivity index (χ1n) is 8.00. The predicted molar refractivity (Wildman–Crippen MR) is 88.9 cm³/mol. The van der Waals surface area contributed by atoms with Crippen LogP contribution >= 0.6 is 11.6 Å². The number of urea groups is 1. The van der Waals surface area contributed by atoms with Gasteiger partial charge in [0.2, 0.25) is 0 Å². The van der Waals surface area contributed by atoms with Gasteiger partial charge in [-0.15, -0.1) is 0 Å². The number of rotatable bonds is 3. The lowest BCUT2D eigenvalue weighted by Gasteiger charge is -2.36. The Balaban J connectivity index is 1.61. The fourth-order valence-electron chi connectivity index (χ4n) is 3.44. The Labute approximate surface area is 136 Å². The minimum Gasteiger partial charge on any atom is -0.324 e. The van der Waals surface area contributed by atoms with E-state index in [0.29, 0.717) is 23.0 Å². The molecule has 2 heterocycles. The molecule has 2 fully saturated rings. The quantitative estimate of drug-likeness (QED) is 0.802. The number of carbonyl (C=O) groups is 1. The van der Waals surface area contributed by atoms with Gasteiger partial charge < -0.3 is 10.2 Å². The van der Waals surface area contributed by atoms with E-state index in [9.17, 15) is 4.79 Å². The van der Waals surface area contributed by atoms with Crippen molar-refractivity contribution < 1.29 is 4.79 Å². The third-order valence-corrected chi connectivity index (χ3v) is 4.83. The highest BCUT2D eigenvalue weighted by Crippen LogP contribution is 2.27. The van der Waals surface area contributed by atoms with Gasteiger partial charge in [0.1, 0.15) is 0 Å². The molecule has 5 nitrogen and oxygen atoms in total. The summed E-state index contributed by atoms with van der Waals surface area (Å²) in [7, 11) is 0. The molecule has 120 valence electrons. The van der Waals surface area contributed by atoms with E-state index >= 15 is 0 Å². The molecule has 0 aliphatic carbocycles. The first-order chi connectivity index (χ1) is 10.7. The van der Waals surface area contributed by atoms with E-state index in [2.05, 4.69) is 23.1 Å². The molecule has 0 aromatic heterocycles. The number of anilines is 1. The first kappa shape index (κ1) is 15.6. The summed E-state index contributed by atoms with van der Waals surface area (Å²) in [5.41, 5.74) is 7.52. The molecule has 0 radical (unpaired) electrons. The van der Waals surface area contributed by atoms with Crippen LogP contribution in [0.2, 0.25) is 5.02 Å². The monoisotopic (exact) mass is 322 g/mol. The fourth-order valence-corrected chi connectivity index (χ4v) is 3.63. The van der Waals surface area contributed by atoms with Gasteiger partial charge in [-0.2, -0.15) is 0 Å². The molecule has 2 aliphatic rings. The summed E-state index contributed by atoms with van der Waals surface area (Å²) in [6.45, 7) is 3.77. The van der Waals surface area contributed by atoms with Crippen molar-refractivity contribution in [2.45, 2.75) is 38.3 Å². The summed E-state index contributed by atoms with van der Waals surface area (Å²) < 4.78 is 0. The summed E-state index contributed by atoms with van der Waals surface area (Å²) in [4.78, 5) is 14.4. The Bertz CT molecular complexity index is 539. The first-order valence-corrected chi connectivity index (χ1v) is 8.37. The van der Waals surface area contributed by atoms with Gasteiger partial charge in [0, 0.05) is 41.8 Å². The molecular weight excluding hydrogens is 300 g/mol. The van der Waals surface area contributed by atoms with Crippen LogP contribution in [0.1, 0.15) is 26.2 Å². The van der Waals surface area contributed by atoms with Gasteiger partial charge in [0.05, 0.1) is 0 Å². The van der Waals surface area contributed by atoms with Crippen LogP contribution in [0, 0.1) is 5.92 Å². The van der Waals surface area contributed by atoms with Crippen LogP contribution in [0.4, 0.5) is 10.5 Å². The molecule has 0 bridgehead atoms. The van der Waals surface area contributed by atoms with Crippen molar-refractivity contribution >= 4 is 23.3 Å². The van der Waals surface area contributed by atoms with Gasteiger partial charge in [0.15, 0.2) is 0 Å². The van der Waals surface area contributed by atoms with Crippen LogP contribution in [0.3, 0.4) is 0 Å². The standard InChI is InChI=1S/C16H23ClN4O/c1-2-4-14-13-10-21(8-7-15(13)20-19-14)16(22)18-12-6-3-5-11(17)9-12/h3,5-6,9,13-15,19-20H,2,4,7-8,10H2,1H3,(H,18,22). The maximum absolute atomic E-state index is 12.5. The second-order valence-corrected chi connectivity index (χ2v) is 6.57. The van der Waals surface area contributed by atoms with Crippen molar-refractivity contribution in [3.63, 3.8) is 0 Å². The number of hydrogen-bond acceptors (Lipinski definition) is 3. The average Bonchev–Trinajstić information content (AvgIpc) is 2.90. The summed E-state index contributed by atoms with van der Waals surface area (Å²) >= 11 is 5.96. The summed E-state index contributed by atoms with van der Waals surface area (Å²) in [5.74, 6) is 0.485. The lowest BCUT2D eigenvalue weighted by atomic mass is 9.86. The number of amides is 2. The van der Waals surface area contributed by atoms with Gasteiger partial charge in [-0.1, -0.05) is 31.0 Å². The smallest absolute Gasteiger partial charge is 0.321 e. The molecule has 1 aromatic carbocycles. The predicted octanol–water partition coefficient (Wildman–Crippen LogP) is 2.84. The number of halogens is 1. The molecule has 3 rings (SSSR count). The second kappa shape index (κ2) is 6.86. The van der Waals surface area contributed by atoms with E-state index < -0.39 is 0 Å². The van der Waals surface area contributed by atoms with Crippen molar-refractivity contribution in [3.05, 3.63) is 29.3 Å². The summed E-state index contributed by atoms with van der Waals surface area (Å²) in [6.07, 6.45) is 3.27. The van der Waals surface area contributed by atoms with Crippen LogP contribution < -0.4 is 16.2 Å². The van der Waals surface area contributed by atoms with Crippen molar-refractivity contribution in [2.24, 2.45) is 5.92 Å². The molecule has 22 heavy (non-hydrogen) atoms. The zero-order valence-corrected chi connectivity index (χ0v) is 13.6. The van der Waals surface area contributed by atoms with Gasteiger partial charge in [0.25, 0.3) is 0 Å². The van der Waals surface area contributed by atoms with Crippen LogP contribution in [-0.2, 0) is 0 Å². The highest BCUT2D eigenvalue weighted by atomic mass is 35.5. The number of nitrogens with one attached hydrogen (secondary N) is 3. The molecule has 1 aromatic rings. The lowest BCUT2D eigenvalue weighted by molar-refractivity contribution is 0.164. The minimum atomic E-state index is -0.0390. The molecule has 2 amide bonds. The van der Waals surface area contributed by atoms with Crippen LogP contribution in [0.5, 0.6) is 0 Å². The molecular formula is C16H23ClN4O. The van der Waals surface area contributed by atoms with Crippen molar-refractivity contribution in [1.29, 1.82) is 0 Å². The lowest BCUT2D eigenvalue weighted by Crippen LogP contribution is -2.49. The fraction of sp³-hybridized carbons (Fsp3) is 0.562. The maximum Gasteiger partial charge on any atom is 0.321 e. The van der Waals surface area contributed by atoms with Crippen LogP contribution in [-0.4, -0.2) is 36.1 Å². The topological polar surface area (TPSA) is 56.4 Å². The molecule has 3 unspecified atom stereocenters. The summed E-state index contributed by atoms with van der Waals surface area (Å²) in [5, 5.41) is 3.57. The number of carbonyl (C=O) groups excluding carboxylic acids is 1. The average molecular weight is 323 g/mol. The molecule has 3 N–H and O–H groups in total. The van der Waals surface area contributed by atoms with E-state index in [1.165, 1.54) is 0 Å². The van der Waals surface area contributed by atoms with E-state index in [-0.39, 0.29) is 6.03 Å². The van der Waals surface area contributed by atoms with Crippen LogP contribution in [0.15, 0.2) is 24.3 Å². The Kier molecular flexibility index (Phi) is 4.86. The highest BCUT2D eigenvalue weighted by Gasteiger charge is 2.40. The number of fused-ring (bicyclic) bond motifs is 1. The van der Waals surface area contributed by atoms with Crippen LogP contribution in [0.25, 0.3) is 0 Å². The number of piperidine rings is 1. The van der Waals surface area contributed by atoms with E-state index in [4.69, 9.17) is 11.6 Å². The molecule has 0 spiro atoms. The molecule has 2 saturated heterocycles. The normalized spacial score (nSPS) is 27.5. The Morgan fingerprint density at radius 3 is 3.09 bits per heavy atom. The third-order valence-electron chi connectivity index (χ3n) is 4.59. The highest BCUT2D eigenvalue weighted by molar-refractivity contribution is 6.30. The second-order valence-electron chi connectivity index (χ2n) is 6.13. The number of hydrogen-bond donors (Lipinski definition) is 3. The van der Waals surface area contributed by atoms with E-state index in [1.807, 2.05) is 17.0 Å². The van der Waals surface area contributed by atoms with E-state index in [0.717, 1.165) is 38.0 Å². The Hall–Kier alpha value is -1.30. The molecule has 6 heteroatoms. The van der Waals surface area contributed by atoms with Gasteiger partial charge >= 0.3 is 6.03 Å². The zero-order valence-electron chi connectivity index (χ0n) is 12.8. The van der Waals surface area contributed by atoms with Gasteiger partial charge in [-0.25, -0.2) is 4.79 Å². The number of benzene rings is 1. The number of hydrazine groups is 1. The van der Waals surface area contributed by atoms with Gasteiger partial charge in [-0.3, -0.25) is 10.9 Å². The largest absolute Gasteiger partial charge is 0.324 e.